The van der Waals surface area contributed by atoms with Crippen LogP contribution < -0.4 is 5.48 Å². The zero-order chi connectivity index (χ0) is 8.69. The van der Waals surface area contributed by atoms with Crippen LogP contribution in [0.1, 0.15) is 13.8 Å². The van der Waals surface area contributed by atoms with Gasteiger partial charge in [0.25, 0.3) is 5.91 Å². The Balaban J connectivity index is 3.53. The maximum Gasteiger partial charge on any atom is 0.267 e. The smallest absolute Gasteiger partial charge is 0.267 e. The molecule has 0 saturated heterocycles. The van der Waals surface area contributed by atoms with Gasteiger partial charge in [-0.15, -0.1) is 6.58 Å². The topological polar surface area (TPSA) is 38.3 Å². The molecule has 0 aliphatic heterocycles. The van der Waals surface area contributed by atoms with E-state index in [0.29, 0.717) is 6.61 Å². The highest BCUT2D eigenvalue weighted by Gasteiger charge is 1.92. The van der Waals surface area contributed by atoms with Crippen molar-refractivity contribution >= 4 is 5.91 Å². The summed E-state index contributed by atoms with van der Waals surface area (Å²) in [6.45, 7) is 7.43. The van der Waals surface area contributed by atoms with Crippen molar-refractivity contribution in [3.8, 4) is 0 Å². The van der Waals surface area contributed by atoms with Crippen molar-refractivity contribution in [3.05, 3.63) is 24.3 Å². The van der Waals surface area contributed by atoms with Gasteiger partial charge in [-0.05, 0) is 13.8 Å². The molecule has 0 fully saturated rings. The van der Waals surface area contributed by atoms with Crippen LogP contribution in [0.4, 0.5) is 0 Å². The van der Waals surface area contributed by atoms with E-state index < -0.39 is 0 Å². The van der Waals surface area contributed by atoms with Gasteiger partial charge in [-0.25, -0.2) is 5.48 Å². The Kier molecular flexibility index (Phi) is 5.11. The van der Waals surface area contributed by atoms with E-state index in [2.05, 4.69) is 16.9 Å². The Hall–Kier alpha value is -1.09. The highest BCUT2D eigenvalue weighted by molar-refractivity contribution is 5.87. The Morgan fingerprint density at radius 2 is 2.27 bits per heavy atom. The fourth-order valence-electron chi connectivity index (χ4n) is 0.463. The molecule has 1 N–H and O–H groups in total. The van der Waals surface area contributed by atoms with Crippen molar-refractivity contribution in [2.75, 3.05) is 6.61 Å². The van der Waals surface area contributed by atoms with Gasteiger partial charge in [0.2, 0.25) is 0 Å². The Bertz CT molecular complexity index is 169. The van der Waals surface area contributed by atoms with Crippen LogP contribution in [0.25, 0.3) is 0 Å². The maximum absolute atomic E-state index is 10.8. The third-order valence-corrected chi connectivity index (χ3v) is 0.794. The summed E-state index contributed by atoms with van der Waals surface area (Å²) in [5, 5.41) is 0. The third kappa shape index (κ3) is 6.80. The molecule has 0 aliphatic carbocycles. The molecule has 0 radical (unpaired) electrons. The van der Waals surface area contributed by atoms with Crippen LogP contribution in [0.15, 0.2) is 24.3 Å². The van der Waals surface area contributed by atoms with Gasteiger partial charge in [-0.3, -0.25) is 9.63 Å². The molecular weight excluding hydrogens is 142 g/mol. The van der Waals surface area contributed by atoms with E-state index in [1.807, 2.05) is 13.8 Å². The summed E-state index contributed by atoms with van der Waals surface area (Å²) >= 11 is 0. The second kappa shape index (κ2) is 5.68. The second-order valence-corrected chi connectivity index (χ2v) is 2.29. The Morgan fingerprint density at radius 1 is 1.64 bits per heavy atom. The fourth-order valence-corrected chi connectivity index (χ4v) is 0.463. The summed E-state index contributed by atoms with van der Waals surface area (Å²) < 4.78 is 0. The molecule has 0 atom stereocenters. The lowest BCUT2D eigenvalue weighted by atomic mass is 10.3. The summed E-state index contributed by atoms with van der Waals surface area (Å²) in [5.41, 5.74) is 3.16. The first-order chi connectivity index (χ1) is 5.16. The number of amides is 1. The van der Waals surface area contributed by atoms with E-state index in [-0.39, 0.29) is 5.91 Å². The van der Waals surface area contributed by atoms with Gasteiger partial charge in [-0.2, -0.15) is 0 Å². The molecule has 0 aromatic heterocycles. The summed E-state index contributed by atoms with van der Waals surface area (Å²) in [7, 11) is 0. The van der Waals surface area contributed by atoms with Crippen LogP contribution in [-0.2, 0) is 9.63 Å². The van der Waals surface area contributed by atoms with E-state index in [0.717, 1.165) is 5.57 Å². The molecule has 0 spiro atoms. The normalized spacial score (nSPS) is 8.55. The van der Waals surface area contributed by atoms with Crippen LogP contribution in [0.3, 0.4) is 0 Å². The van der Waals surface area contributed by atoms with Crippen molar-refractivity contribution < 1.29 is 9.63 Å². The quantitative estimate of drug-likeness (QED) is 0.286. The van der Waals surface area contributed by atoms with Crippen LogP contribution >= 0.6 is 0 Å². The highest BCUT2D eigenvalue weighted by Crippen LogP contribution is 1.86. The molecule has 62 valence electrons. The van der Waals surface area contributed by atoms with E-state index >= 15 is 0 Å². The predicted molar refractivity (Wildman–Crippen MR) is 43.7 cm³/mol. The molecule has 0 heterocycles. The SMILES string of the molecule is C=CCONC(=O)C=C(C)C. The molecule has 0 aliphatic rings. The van der Waals surface area contributed by atoms with Crippen molar-refractivity contribution in [2.45, 2.75) is 13.8 Å². The van der Waals surface area contributed by atoms with Crippen LogP contribution in [0, 0.1) is 0 Å². The second-order valence-electron chi connectivity index (χ2n) is 2.29. The molecule has 3 nitrogen and oxygen atoms in total. The number of allylic oxidation sites excluding steroid dienone is 1. The molecule has 0 rings (SSSR count). The van der Waals surface area contributed by atoms with Gasteiger partial charge in [0.1, 0.15) is 0 Å². The Morgan fingerprint density at radius 3 is 2.73 bits per heavy atom. The fraction of sp³-hybridized carbons (Fsp3) is 0.375. The lowest BCUT2D eigenvalue weighted by Gasteiger charge is -1.99. The summed E-state index contributed by atoms with van der Waals surface area (Å²) in [4.78, 5) is 15.5. The summed E-state index contributed by atoms with van der Waals surface area (Å²) in [5.74, 6) is -0.244. The lowest BCUT2D eigenvalue weighted by molar-refractivity contribution is -0.127. The average molecular weight is 155 g/mol. The minimum Gasteiger partial charge on any atom is -0.269 e. The molecule has 0 aromatic carbocycles. The molecule has 0 aromatic rings. The van der Waals surface area contributed by atoms with Crippen molar-refractivity contribution in [1.82, 2.24) is 5.48 Å². The molecule has 3 heteroatoms. The van der Waals surface area contributed by atoms with Crippen LogP contribution in [0.2, 0.25) is 0 Å². The van der Waals surface area contributed by atoms with Gasteiger partial charge in [0, 0.05) is 6.08 Å². The van der Waals surface area contributed by atoms with E-state index in [1.54, 1.807) is 6.08 Å². The summed E-state index contributed by atoms with van der Waals surface area (Å²) in [6.07, 6.45) is 3.02. The average Bonchev–Trinajstić information content (AvgIpc) is 1.86. The van der Waals surface area contributed by atoms with Gasteiger partial charge in [0.15, 0.2) is 0 Å². The minimum absolute atomic E-state index is 0.244. The number of hydrogen-bond donors (Lipinski definition) is 1. The predicted octanol–water partition coefficient (Wildman–Crippen LogP) is 1.19. The molecule has 11 heavy (non-hydrogen) atoms. The lowest BCUT2D eigenvalue weighted by Crippen LogP contribution is -2.21. The number of hydrogen-bond acceptors (Lipinski definition) is 2. The molecular formula is C8H13NO2. The number of carbonyl (C=O) groups excluding carboxylic acids is 1. The maximum atomic E-state index is 10.8. The molecule has 1 amide bonds. The number of carbonyl (C=O) groups is 1. The number of hydroxylamine groups is 1. The first kappa shape index (κ1) is 9.91. The summed E-state index contributed by atoms with van der Waals surface area (Å²) in [6, 6.07) is 0. The van der Waals surface area contributed by atoms with Crippen molar-refractivity contribution in [3.63, 3.8) is 0 Å². The van der Waals surface area contributed by atoms with Crippen LogP contribution in [-0.4, -0.2) is 12.5 Å². The van der Waals surface area contributed by atoms with E-state index in [9.17, 15) is 4.79 Å². The molecule has 0 saturated carbocycles. The highest BCUT2D eigenvalue weighted by atomic mass is 16.6. The molecule has 0 unspecified atom stereocenters. The Labute approximate surface area is 66.7 Å². The van der Waals surface area contributed by atoms with Crippen molar-refractivity contribution in [2.24, 2.45) is 0 Å². The minimum atomic E-state index is -0.244. The standard InChI is InChI=1S/C8H13NO2/c1-4-5-11-9-8(10)6-7(2)3/h4,6H,1,5H2,2-3H3,(H,9,10). The monoisotopic (exact) mass is 155 g/mol. The molecule has 0 bridgehead atoms. The van der Waals surface area contributed by atoms with Crippen molar-refractivity contribution in [1.29, 1.82) is 0 Å². The third-order valence-electron chi connectivity index (χ3n) is 0.794. The van der Waals surface area contributed by atoms with Gasteiger partial charge < -0.3 is 0 Å². The van der Waals surface area contributed by atoms with Crippen LogP contribution in [0.5, 0.6) is 0 Å². The first-order valence-electron chi connectivity index (χ1n) is 3.34. The van der Waals surface area contributed by atoms with Gasteiger partial charge in [-0.1, -0.05) is 11.6 Å². The van der Waals surface area contributed by atoms with E-state index in [4.69, 9.17) is 0 Å². The van der Waals surface area contributed by atoms with Gasteiger partial charge in [0.05, 0.1) is 6.61 Å². The zero-order valence-electron chi connectivity index (χ0n) is 6.89. The number of nitrogens with one attached hydrogen (secondary N) is 1. The zero-order valence-corrected chi connectivity index (χ0v) is 6.89. The van der Waals surface area contributed by atoms with E-state index in [1.165, 1.54) is 6.08 Å². The largest absolute Gasteiger partial charge is 0.269 e. The first-order valence-corrected chi connectivity index (χ1v) is 3.34. The number of rotatable bonds is 4. The van der Waals surface area contributed by atoms with Gasteiger partial charge >= 0.3 is 0 Å².